The summed E-state index contributed by atoms with van der Waals surface area (Å²) in [5.41, 5.74) is 0. The second-order valence-electron chi connectivity index (χ2n) is 11.4. The predicted molar refractivity (Wildman–Crippen MR) is 156 cm³/mol. The smallest absolute Gasteiger partial charge is 0.237 e. The number of aromatic nitrogens is 2. The van der Waals surface area contributed by atoms with Crippen molar-refractivity contribution in [3.8, 4) is 0 Å². The van der Waals surface area contributed by atoms with Crippen molar-refractivity contribution in [1.82, 2.24) is 4.57 Å². The molecule has 0 aliphatic carbocycles. The zero-order chi connectivity index (χ0) is 25.2. The summed E-state index contributed by atoms with van der Waals surface area (Å²) in [4.78, 5) is 0. The minimum absolute atomic E-state index is 1.21. The average molecular weight is 490 g/mol. The molecule has 2 nitrogen and oxygen atoms in total. The molecular weight excluding hydrogens is 424 g/mol. The maximum absolute atomic E-state index is 2.54. The molecule has 0 bridgehead atoms. The maximum Gasteiger partial charge on any atom is 0.256 e. The molecule has 1 rings (SSSR count). The standard InChI is InChI=1S/C33H65N2/c1-4-6-8-10-12-14-16-18-19-21-23-25-27-29-33-34(3)31-32-35(33)30-28-26-24-22-20-17-15-13-11-9-7-5-2/h31-32H,4-30H2,1-3H3/q+1. The van der Waals surface area contributed by atoms with Crippen LogP contribution < -0.4 is 4.57 Å². The van der Waals surface area contributed by atoms with E-state index in [4.69, 9.17) is 0 Å². The van der Waals surface area contributed by atoms with Crippen LogP contribution in [0.4, 0.5) is 0 Å². The number of imidazole rings is 1. The molecule has 0 saturated heterocycles. The molecule has 0 N–H and O–H groups in total. The van der Waals surface area contributed by atoms with Gasteiger partial charge in [0.15, 0.2) is 0 Å². The van der Waals surface area contributed by atoms with Crippen LogP contribution >= 0.6 is 0 Å². The first-order chi connectivity index (χ1) is 17.3. The Bertz CT molecular complexity index is 547. The van der Waals surface area contributed by atoms with E-state index in [0.29, 0.717) is 0 Å². The average Bonchev–Trinajstić information content (AvgIpc) is 3.21. The lowest BCUT2D eigenvalue weighted by Gasteiger charge is -2.05. The first-order valence-corrected chi connectivity index (χ1v) is 16.3. The van der Waals surface area contributed by atoms with Gasteiger partial charge in [0, 0.05) is 6.42 Å². The van der Waals surface area contributed by atoms with E-state index in [1.165, 1.54) is 179 Å². The van der Waals surface area contributed by atoms with Crippen LogP contribution in [0.5, 0.6) is 0 Å². The van der Waals surface area contributed by atoms with E-state index in [2.05, 4.69) is 42.4 Å². The minimum Gasteiger partial charge on any atom is -0.237 e. The fourth-order valence-electron chi connectivity index (χ4n) is 5.50. The van der Waals surface area contributed by atoms with Crippen molar-refractivity contribution in [3.63, 3.8) is 0 Å². The third kappa shape index (κ3) is 19.0. The Morgan fingerprint density at radius 3 is 1.23 bits per heavy atom. The van der Waals surface area contributed by atoms with Crippen LogP contribution in [-0.2, 0) is 20.0 Å². The fourth-order valence-corrected chi connectivity index (χ4v) is 5.50. The molecule has 0 aliphatic rings. The topological polar surface area (TPSA) is 8.81 Å². The highest BCUT2D eigenvalue weighted by molar-refractivity contribution is 4.84. The molecule has 0 fully saturated rings. The molecule has 1 aromatic rings. The highest BCUT2D eigenvalue weighted by Crippen LogP contribution is 2.15. The van der Waals surface area contributed by atoms with Crippen molar-refractivity contribution in [2.75, 3.05) is 0 Å². The molecule has 206 valence electrons. The van der Waals surface area contributed by atoms with Crippen LogP contribution in [0.3, 0.4) is 0 Å². The zero-order valence-electron chi connectivity index (χ0n) is 24.6. The van der Waals surface area contributed by atoms with Gasteiger partial charge in [0.1, 0.15) is 12.4 Å². The molecule has 0 saturated carbocycles. The summed E-state index contributed by atoms with van der Waals surface area (Å²) in [6.07, 6.45) is 41.7. The van der Waals surface area contributed by atoms with Gasteiger partial charge in [-0.2, -0.15) is 0 Å². The van der Waals surface area contributed by atoms with Gasteiger partial charge in [-0.15, -0.1) is 0 Å². The van der Waals surface area contributed by atoms with Crippen molar-refractivity contribution >= 4 is 0 Å². The Balaban J connectivity index is 1.95. The first-order valence-electron chi connectivity index (χ1n) is 16.3. The summed E-state index contributed by atoms with van der Waals surface area (Å²) in [6.45, 7) is 5.82. The van der Waals surface area contributed by atoms with Crippen LogP contribution in [0, 0.1) is 0 Å². The largest absolute Gasteiger partial charge is 0.256 e. The van der Waals surface area contributed by atoms with Crippen LogP contribution in [0.2, 0.25) is 0 Å². The quantitative estimate of drug-likeness (QED) is 0.0858. The molecule has 2 heteroatoms. The minimum atomic E-state index is 1.21. The molecule has 1 heterocycles. The Kier molecular flexibility index (Phi) is 22.9. The second kappa shape index (κ2) is 24.9. The van der Waals surface area contributed by atoms with Gasteiger partial charge in [0.25, 0.3) is 5.82 Å². The van der Waals surface area contributed by atoms with E-state index in [0.717, 1.165) is 0 Å². The zero-order valence-corrected chi connectivity index (χ0v) is 24.6. The van der Waals surface area contributed by atoms with Crippen molar-refractivity contribution in [3.05, 3.63) is 18.2 Å². The normalized spacial score (nSPS) is 11.5. The number of unbranched alkanes of at least 4 members (excludes halogenated alkanes) is 23. The second-order valence-corrected chi connectivity index (χ2v) is 11.4. The van der Waals surface area contributed by atoms with Gasteiger partial charge in [-0.25, -0.2) is 9.13 Å². The van der Waals surface area contributed by atoms with Gasteiger partial charge in [-0.05, 0) is 19.3 Å². The summed E-state index contributed by atoms with van der Waals surface area (Å²) in [5.74, 6) is 1.54. The Hall–Kier alpha value is -0.790. The first kappa shape index (κ1) is 32.2. The SMILES string of the molecule is CCCCCCCCCCCCCCCc1n(CCCCCCCCCCCCCC)cc[n+]1C. The van der Waals surface area contributed by atoms with Crippen molar-refractivity contribution in [1.29, 1.82) is 0 Å². The Labute approximate surface area is 221 Å². The summed E-state index contributed by atoms with van der Waals surface area (Å²) in [7, 11) is 2.23. The molecule has 0 spiro atoms. The number of hydrogen-bond donors (Lipinski definition) is 0. The molecular formula is C33H65N2+. The Morgan fingerprint density at radius 1 is 0.486 bits per heavy atom. The molecule has 0 unspecified atom stereocenters. The van der Waals surface area contributed by atoms with Gasteiger partial charge in [-0.1, -0.05) is 155 Å². The highest BCUT2D eigenvalue weighted by Gasteiger charge is 2.13. The molecule has 0 radical (unpaired) electrons. The van der Waals surface area contributed by atoms with Crippen LogP contribution in [-0.4, -0.2) is 4.57 Å². The number of aryl methyl sites for hydroxylation is 2. The summed E-state index contributed by atoms with van der Waals surface area (Å²) < 4.78 is 4.90. The monoisotopic (exact) mass is 490 g/mol. The van der Waals surface area contributed by atoms with E-state index >= 15 is 0 Å². The van der Waals surface area contributed by atoms with Gasteiger partial charge in [0.2, 0.25) is 0 Å². The van der Waals surface area contributed by atoms with E-state index in [1.807, 2.05) is 0 Å². The van der Waals surface area contributed by atoms with Crippen LogP contribution in [0.15, 0.2) is 12.4 Å². The number of hydrogen-bond acceptors (Lipinski definition) is 0. The van der Waals surface area contributed by atoms with Gasteiger partial charge in [0.05, 0.1) is 13.6 Å². The third-order valence-corrected chi connectivity index (χ3v) is 7.97. The van der Waals surface area contributed by atoms with Crippen molar-refractivity contribution in [2.45, 2.75) is 187 Å². The summed E-state index contributed by atoms with van der Waals surface area (Å²) >= 11 is 0. The maximum atomic E-state index is 2.54. The lowest BCUT2D eigenvalue weighted by molar-refractivity contribution is -0.678. The lowest BCUT2D eigenvalue weighted by atomic mass is 10.0. The van der Waals surface area contributed by atoms with E-state index in [9.17, 15) is 0 Å². The van der Waals surface area contributed by atoms with E-state index in [-0.39, 0.29) is 0 Å². The van der Waals surface area contributed by atoms with E-state index < -0.39 is 0 Å². The summed E-state index contributed by atoms with van der Waals surface area (Å²) in [6, 6.07) is 0. The lowest BCUT2D eigenvalue weighted by Crippen LogP contribution is -2.32. The fraction of sp³-hybridized carbons (Fsp3) is 0.909. The molecule has 0 amide bonds. The van der Waals surface area contributed by atoms with Gasteiger partial charge < -0.3 is 0 Å². The predicted octanol–water partition coefficient (Wildman–Crippen LogP) is 10.6. The highest BCUT2D eigenvalue weighted by atomic mass is 15.1. The van der Waals surface area contributed by atoms with Crippen molar-refractivity contribution in [2.24, 2.45) is 7.05 Å². The third-order valence-electron chi connectivity index (χ3n) is 7.97. The Morgan fingerprint density at radius 2 is 0.829 bits per heavy atom. The van der Waals surface area contributed by atoms with Gasteiger partial charge >= 0.3 is 0 Å². The summed E-state index contributed by atoms with van der Waals surface area (Å²) in [5, 5.41) is 0. The molecule has 0 aliphatic heterocycles. The molecule has 35 heavy (non-hydrogen) atoms. The van der Waals surface area contributed by atoms with Crippen molar-refractivity contribution < 1.29 is 4.57 Å². The van der Waals surface area contributed by atoms with Crippen LogP contribution in [0.1, 0.15) is 180 Å². The molecule has 0 atom stereocenters. The number of rotatable bonds is 27. The number of nitrogens with zero attached hydrogens (tertiary/aromatic N) is 2. The van der Waals surface area contributed by atoms with Crippen LogP contribution in [0.25, 0.3) is 0 Å². The molecule has 0 aromatic carbocycles. The van der Waals surface area contributed by atoms with E-state index in [1.54, 1.807) is 0 Å². The van der Waals surface area contributed by atoms with Gasteiger partial charge in [-0.3, -0.25) is 0 Å². The molecule has 1 aromatic heterocycles.